The largest absolute Gasteiger partial charge is 0.355 e. The second kappa shape index (κ2) is 7.10. The summed E-state index contributed by atoms with van der Waals surface area (Å²) in [5, 5.41) is 12.9. The fourth-order valence-electron chi connectivity index (χ4n) is 2.38. The highest BCUT2D eigenvalue weighted by atomic mass is 32.1. The van der Waals surface area contributed by atoms with Crippen molar-refractivity contribution in [2.75, 3.05) is 40.3 Å². The molecule has 1 aromatic heterocycles. The van der Waals surface area contributed by atoms with Gasteiger partial charge in [0.2, 0.25) is 5.91 Å². The smallest absolute Gasteiger partial charge is 0.234 e. The van der Waals surface area contributed by atoms with Crippen LogP contribution in [0.4, 0.5) is 0 Å². The number of hydrogen-bond acceptors (Lipinski definition) is 6. The van der Waals surface area contributed by atoms with Crippen LogP contribution in [-0.4, -0.2) is 72.2 Å². The number of hydrogen-bond donors (Lipinski definition) is 1. The first-order valence-electron chi connectivity index (χ1n) is 6.99. The molecule has 0 spiro atoms. The second-order valence-electron chi connectivity index (χ2n) is 5.46. The highest BCUT2D eigenvalue weighted by Gasteiger charge is 2.24. The Kier molecular flexibility index (Phi) is 5.45. The van der Waals surface area contributed by atoms with Gasteiger partial charge in [-0.2, -0.15) is 0 Å². The van der Waals surface area contributed by atoms with Crippen LogP contribution < -0.4 is 5.32 Å². The third-order valence-corrected chi connectivity index (χ3v) is 4.47. The minimum Gasteiger partial charge on any atom is -0.355 e. The van der Waals surface area contributed by atoms with E-state index in [2.05, 4.69) is 39.4 Å². The van der Waals surface area contributed by atoms with Crippen molar-refractivity contribution in [2.24, 2.45) is 0 Å². The van der Waals surface area contributed by atoms with Crippen LogP contribution in [0.5, 0.6) is 0 Å². The van der Waals surface area contributed by atoms with E-state index in [-0.39, 0.29) is 5.91 Å². The molecule has 0 saturated carbocycles. The molecule has 0 aromatic carbocycles. The molecule has 7 heteroatoms. The molecule has 1 N–H and O–H groups in total. The van der Waals surface area contributed by atoms with Gasteiger partial charge >= 0.3 is 0 Å². The van der Waals surface area contributed by atoms with Gasteiger partial charge in [0.05, 0.1) is 6.54 Å². The number of amides is 1. The van der Waals surface area contributed by atoms with Crippen LogP contribution in [-0.2, 0) is 11.2 Å². The molecule has 2 rings (SSSR count). The number of likely N-dealkylation sites (tertiary alicyclic amines) is 1. The predicted molar refractivity (Wildman–Crippen MR) is 79.9 cm³/mol. The van der Waals surface area contributed by atoms with Crippen LogP contribution in [0.3, 0.4) is 0 Å². The Labute approximate surface area is 124 Å². The summed E-state index contributed by atoms with van der Waals surface area (Å²) in [6, 6.07) is 0.576. The van der Waals surface area contributed by atoms with E-state index >= 15 is 0 Å². The standard InChI is InChI=1S/C13H23N5OS/c1-10-15-16-13(20-10)4-6-14-12(19)9-18-7-5-11(8-18)17(2)3/h11H,4-9H2,1-3H3,(H,14,19)/t11-/m1/s1. The number of nitrogens with one attached hydrogen (secondary N) is 1. The Morgan fingerprint density at radius 3 is 2.90 bits per heavy atom. The molecule has 1 aliphatic rings. The number of carbonyl (C=O) groups is 1. The Hall–Kier alpha value is -1.05. The first kappa shape index (κ1) is 15.3. The lowest BCUT2D eigenvalue weighted by Gasteiger charge is -2.20. The quantitative estimate of drug-likeness (QED) is 0.809. The lowest BCUT2D eigenvalue weighted by Crippen LogP contribution is -2.38. The highest BCUT2D eigenvalue weighted by Crippen LogP contribution is 2.12. The molecule has 0 bridgehead atoms. The minimum absolute atomic E-state index is 0.102. The first-order chi connectivity index (χ1) is 9.54. The molecule has 1 amide bonds. The molecule has 1 saturated heterocycles. The minimum atomic E-state index is 0.102. The Bertz CT molecular complexity index is 448. The zero-order chi connectivity index (χ0) is 14.5. The first-order valence-corrected chi connectivity index (χ1v) is 7.80. The average molecular weight is 297 g/mol. The summed E-state index contributed by atoms with van der Waals surface area (Å²) >= 11 is 1.59. The van der Waals surface area contributed by atoms with Crippen molar-refractivity contribution in [3.63, 3.8) is 0 Å². The van der Waals surface area contributed by atoms with E-state index in [9.17, 15) is 4.79 Å². The van der Waals surface area contributed by atoms with E-state index in [1.165, 1.54) is 0 Å². The third kappa shape index (κ3) is 4.50. The van der Waals surface area contributed by atoms with Crippen molar-refractivity contribution < 1.29 is 4.79 Å². The molecule has 1 fully saturated rings. The van der Waals surface area contributed by atoms with Crippen molar-refractivity contribution in [3.8, 4) is 0 Å². The third-order valence-electron chi connectivity index (χ3n) is 3.57. The van der Waals surface area contributed by atoms with Gasteiger partial charge in [-0.05, 0) is 27.4 Å². The molecule has 0 unspecified atom stereocenters. The number of aryl methyl sites for hydroxylation is 1. The maximum Gasteiger partial charge on any atom is 0.234 e. The normalized spacial score (nSPS) is 19.7. The van der Waals surface area contributed by atoms with Crippen molar-refractivity contribution in [2.45, 2.75) is 25.8 Å². The average Bonchev–Trinajstić information content (AvgIpc) is 2.99. The Balaban J connectivity index is 1.63. The van der Waals surface area contributed by atoms with E-state index in [0.717, 1.165) is 35.9 Å². The number of carbonyl (C=O) groups excluding carboxylic acids is 1. The lowest BCUT2D eigenvalue weighted by atomic mass is 10.2. The summed E-state index contributed by atoms with van der Waals surface area (Å²) in [5.41, 5.74) is 0. The van der Waals surface area contributed by atoms with Gasteiger partial charge in [0, 0.05) is 32.1 Å². The van der Waals surface area contributed by atoms with E-state index in [1.807, 2.05) is 6.92 Å². The molecule has 20 heavy (non-hydrogen) atoms. The fourth-order valence-corrected chi connectivity index (χ4v) is 3.09. The molecule has 1 atom stereocenters. The van der Waals surface area contributed by atoms with Gasteiger partial charge in [-0.15, -0.1) is 21.5 Å². The van der Waals surface area contributed by atoms with E-state index < -0.39 is 0 Å². The van der Waals surface area contributed by atoms with Crippen LogP contribution in [0.1, 0.15) is 16.4 Å². The topological polar surface area (TPSA) is 61.4 Å². The number of nitrogens with zero attached hydrogens (tertiary/aromatic N) is 4. The van der Waals surface area contributed by atoms with Gasteiger partial charge in [0.15, 0.2) is 0 Å². The SMILES string of the molecule is Cc1nnc(CCNC(=O)CN2CC[C@@H](N(C)C)C2)s1. The van der Waals surface area contributed by atoms with Gasteiger partial charge < -0.3 is 10.2 Å². The molecular weight excluding hydrogens is 274 g/mol. The highest BCUT2D eigenvalue weighted by molar-refractivity contribution is 7.11. The maximum atomic E-state index is 11.9. The summed E-state index contributed by atoms with van der Waals surface area (Å²) in [4.78, 5) is 16.3. The molecule has 1 aromatic rings. The summed E-state index contributed by atoms with van der Waals surface area (Å²) < 4.78 is 0. The second-order valence-corrected chi connectivity index (χ2v) is 6.72. The number of aromatic nitrogens is 2. The predicted octanol–water partition coefficient (Wildman–Crippen LogP) is 0.141. The molecule has 2 heterocycles. The lowest BCUT2D eigenvalue weighted by molar-refractivity contribution is -0.122. The van der Waals surface area contributed by atoms with Crippen LogP contribution >= 0.6 is 11.3 Å². The zero-order valence-corrected chi connectivity index (χ0v) is 13.2. The molecule has 112 valence electrons. The maximum absolute atomic E-state index is 11.9. The summed E-state index contributed by atoms with van der Waals surface area (Å²) in [6.07, 6.45) is 1.90. The van der Waals surface area contributed by atoms with Crippen LogP contribution in [0.25, 0.3) is 0 Å². The van der Waals surface area contributed by atoms with Crippen LogP contribution in [0.2, 0.25) is 0 Å². The molecule has 0 radical (unpaired) electrons. The van der Waals surface area contributed by atoms with Crippen molar-refractivity contribution >= 4 is 17.2 Å². The number of rotatable bonds is 6. The van der Waals surface area contributed by atoms with E-state index in [1.54, 1.807) is 11.3 Å². The molecular formula is C13H23N5OS. The molecule has 6 nitrogen and oxygen atoms in total. The van der Waals surface area contributed by atoms with E-state index in [0.29, 0.717) is 19.1 Å². The van der Waals surface area contributed by atoms with Gasteiger partial charge in [-0.3, -0.25) is 9.69 Å². The van der Waals surface area contributed by atoms with Crippen molar-refractivity contribution in [3.05, 3.63) is 10.0 Å². The summed E-state index contributed by atoms with van der Waals surface area (Å²) in [6.45, 7) is 5.06. The summed E-state index contributed by atoms with van der Waals surface area (Å²) in [5.74, 6) is 0.102. The Morgan fingerprint density at radius 2 is 2.30 bits per heavy atom. The van der Waals surface area contributed by atoms with E-state index in [4.69, 9.17) is 0 Å². The van der Waals surface area contributed by atoms with Crippen LogP contribution in [0, 0.1) is 6.92 Å². The number of likely N-dealkylation sites (N-methyl/N-ethyl adjacent to an activating group) is 1. The van der Waals surface area contributed by atoms with Crippen molar-refractivity contribution in [1.82, 2.24) is 25.3 Å². The van der Waals surface area contributed by atoms with Crippen LogP contribution in [0.15, 0.2) is 0 Å². The fraction of sp³-hybridized carbons (Fsp3) is 0.769. The van der Waals surface area contributed by atoms with Gasteiger partial charge in [-0.1, -0.05) is 0 Å². The monoisotopic (exact) mass is 297 g/mol. The van der Waals surface area contributed by atoms with Gasteiger partial charge in [0.25, 0.3) is 0 Å². The molecule has 1 aliphatic heterocycles. The summed E-state index contributed by atoms with van der Waals surface area (Å²) in [7, 11) is 4.19. The van der Waals surface area contributed by atoms with Gasteiger partial charge in [-0.25, -0.2) is 0 Å². The Morgan fingerprint density at radius 1 is 1.50 bits per heavy atom. The molecule has 0 aliphatic carbocycles. The van der Waals surface area contributed by atoms with Crippen molar-refractivity contribution in [1.29, 1.82) is 0 Å². The van der Waals surface area contributed by atoms with Gasteiger partial charge in [0.1, 0.15) is 10.0 Å². The zero-order valence-electron chi connectivity index (χ0n) is 12.4.